The minimum Gasteiger partial charge on any atom is -0.337 e. The van der Waals surface area contributed by atoms with Gasteiger partial charge in [-0.1, -0.05) is 0 Å². The lowest BCUT2D eigenvalue weighted by Crippen LogP contribution is -2.20. The van der Waals surface area contributed by atoms with Crippen LogP contribution in [0.1, 0.15) is 23.6 Å². The van der Waals surface area contributed by atoms with Gasteiger partial charge in [0.25, 0.3) is 0 Å². The van der Waals surface area contributed by atoms with Gasteiger partial charge >= 0.3 is 0 Å². The molecule has 2 aromatic heterocycles. The molecule has 0 spiro atoms. The van der Waals surface area contributed by atoms with Crippen LogP contribution < -0.4 is 0 Å². The first-order valence-electron chi connectivity index (χ1n) is 7.14. The Kier molecular flexibility index (Phi) is 3.29. The van der Waals surface area contributed by atoms with Crippen molar-refractivity contribution < 1.29 is 8.78 Å². The SMILES string of the molecule is Fc1cc2c(cc1F)CC(n1c(-c3nnn[nH]3)c[nH]c1=S)CC2. The number of hydrogen-bond donors (Lipinski definition) is 2. The lowest BCUT2D eigenvalue weighted by Gasteiger charge is -2.27. The van der Waals surface area contributed by atoms with Crippen LogP contribution in [0.2, 0.25) is 0 Å². The predicted molar refractivity (Wildman–Crippen MR) is 80.2 cm³/mol. The fraction of sp³-hybridized carbons (Fsp3) is 0.286. The highest BCUT2D eigenvalue weighted by molar-refractivity contribution is 7.71. The smallest absolute Gasteiger partial charge is 0.197 e. The van der Waals surface area contributed by atoms with Gasteiger partial charge in [0.2, 0.25) is 0 Å². The van der Waals surface area contributed by atoms with E-state index in [0.29, 0.717) is 23.4 Å². The third kappa shape index (κ3) is 2.37. The Balaban J connectivity index is 1.75. The van der Waals surface area contributed by atoms with E-state index in [1.54, 1.807) is 6.20 Å². The summed E-state index contributed by atoms with van der Waals surface area (Å²) in [5.74, 6) is -1.11. The zero-order chi connectivity index (χ0) is 16.0. The molecule has 1 aliphatic carbocycles. The molecule has 1 unspecified atom stereocenters. The fourth-order valence-corrected chi connectivity index (χ4v) is 3.45. The Labute approximate surface area is 134 Å². The maximum absolute atomic E-state index is 13.5. The summed E-state index contributed by atoms with van der Waals surface area (Å²) in [6, 6.07) is 2.60. The molecule has 23 heavy (non-hydrogen) atoms. The van der Waals surface area contributed by atoms with Crippen LogP contribution in [0.5, 0.6) is 0 Å². The van der Waals surface area contributed by atoms with Gasteiger partial charge in [-0.25, -0.2) is 13.9 Å². The number of aryl methyl sites for hydroxylation is 1. The normalized spacial score (nSPS) is 17.2. The molecule has 3 aromatic rings. The maximum Gasteiger partial charge on any atom is 0.197 e. The van der Waals surface area contributed by atoms with E-state index in [4.69, 9.17) is 12.2 Å². The number of hydrogen-bond acceptors (Lipinski definition) is 4. The molecule has 0 radical (unpaired) electrons. The standard InChI is InChI=1S/C14H12F2N6S/c15-10-4-7-1-2-9(3-8(7)5-11(10)16)22-12(6-17-14(22)23)13-18-20-21-19-13/h4-6,9H,1-3H2,(H,17,23)(H,18,19,20,21). The lowest BCUT2D eigenvalue weighted by atomic mass is 9.88. The van der Waals surface area contributed by atoms with E-state index >= 15 is 0 Å². The third-order valence-electron chi connectivity index (χ3n) is 4.21. The highest BCUT2D eigenvalue weighted by Gasteiger charge is 2.25. The quantitative estimate of drug-likeness (QED) is 0.707. The Morgan fingerprint density at radius 1 is 1.22 bits per heavy atom. The molecule has 1 atom stereocenters. The van der Waals surface area contributed by atoms with Crippen molar-refractivity contribution in [3.63, 3.8) is 0 Å². The van der Waals surface area contributed by atoms with E-state index in [1.807, 2.05) is 4.57 Å². The number of nitrogens with zero attached hydrogens (tertiary/aromatic N) is 4. The topological polar surface area (TPSA) is 75.2 Å². The molecule has 9 heteroatoms. The summed E-state index contributed by atoms with van der Waals surface area (Å²) in [7, 11) is 0. The summed E-state index contributed by atoms with van der Waals surface area (Å²) < 4.78 is 29.4. The minimum absolute atomic E-state index is 0.0335. The van der Waals surface area contributed by atoms with Gasteiger partial charge < -0.3 is 9.55 Å². The molecular formula is C14H12F2N6S. The van der Waals surface area contributed by atoms with Crippen LogP contribution in [0.15, 0.2) is 18.3 Å². The van der Waals surface area contributed by atoms with Crippen molar-refractivity contribution in [1.29, 1.82) is 0 Å². The number of fused-ring (bicyclic) bond motifs is 1. The lowest BCUT2D eigenvalue weighted by molar-refractivity contribution is 0.433. The Morgan fingerprint density at radius 2 is 2.00 bits per heavy atom. The first-order chi connectivity index (χ1) is 11.1. The summed E-state index contributed by atoms with van der Waals surface area (Å²) in [4.78, 5) is 3.00. The molecule has 6 nitrogen and oxygen atoms in total. The molecule has 1 aromatic carbocycles. The van der Waals surface area contributed by atoms with Crippen LogP contribution in [0.25, 0.3) is 11.5 Å². The van der Waals surface area contributed by atoms with Crippen molar-refractivity contribution in [2.24, 2.45) is 0 Å². The average molecular weight is 334 g/mol. The number of aromatic amines is 2. The second-order valence-electron chi connectivity index (χ2n) is 5.53. The molecule has 118 valence electrons. The van der Waals surface area contributed by atoms with Gasteiger partial charge in [-0.2, -0.15) is 0 Å². The van der Waals surface area contributed by atoms with Crippen molar-refractivity contribution in [2.75, 3.05) is 0 Å². The van der Waals surface area contributed by atoms with Crippen LogP contribution >= 0.6 is 12.2 Å². The first-order valence-corrected chi connectivity index (χ1v) is 7.55. The second-order valence-corrected chi connectivity index (χ2v) is 5.92. The Hall–Kier alpha value is -2.42. The van der Waals surface area contributed by atoms with Gasteiger partial charge in [0.05, 0.1) is 0 Å². The van der Waals surface area contributed by atoms with Crippen molar-refractivity contribution in [3.8, 4) is 11.5 Å². The van der Waals surface area contributed by atoms with Crippen molar-refractivity contribution in [2.45, 2.75) is 25.3 Å². The summed E-state index contributed by atoms with van der Waals surface area (Å²) in [5, 5.41) is 13.8. The van der Waals surface area contributed by atoms with Crippen molar-refractivity contribution in [1.82, 2.24) is 30.2 Å². The van der Waals surface area contributed by atoms with Gasteiger partial charge in [0.1, 0.15) is 5.69 Å². The molecule has 4 rings (SSSR count). The van der Waals surface area contributed by atoms with Crippen molar-refractivity contribution in [3.05, 3.63) is 45.9 Å². The van der Waals surface area contributed by atoms with Gasteiger partial charge in [-0.05, 0) is 65.2 Å². The van der Waals surface area contributed by atoms with Gasteiger partial charge in [0.15, 0.2) is 22.2 Å². The molecule has 0 saturated heterocycles. The molecule has 0 fully saturated rings. The highest BCUT2D eigenvalue weighted by atomic mass is 32.1. The molecule has 1 aliphatic rings. The van der Waals surface area contributed by atoms with Gasteiger partial charge in [0, 0.05) is 12.2 Å². The second kappa shape index (κ2) is 5.34. The first kappa shape index (κ1) is 14.2. The summed E-state index contributed by atoms with van der Waals surface area (Å²) in [6.07, 6.45) is 3.76. The van der Waals surface area contributed by atoms with E-state index in [-0.39, 0.29) is 6.04 Å². The fourth-order valence-electron chi connectivity index (χ4n) is 3.14. The van der Waals surface area contributed by atoms with Crippen LogP contribution in [-0.4, -0.2) is 30.2 Å². The summed E-state index contributed by atoms with van der Waals surface area (Å²) in [5.41, 5.74) is 2.41. The highest BCUT2D eigenvalue weighted by Crippen LogP contribution is 2.33. The number of aromatic nitrogens is 6. The van der Waals surface area contributed by atoms with E-state index in [2.05, 4.69) is 25.6 Å². The van der Waals surface area contributed by atoms with E-state index in [1.165, 1.54) is 12.1 Å². The average Bonchev–Trinajstić information content (AvgIpc) is 3.17. The molecular weight excluding hydrogens is 322 g/mol. The van der Waals surface area contributed by atoms with E-state index in [0.717, 1.165) is 23.2 Å². The number of halogens is 2. The zero-order valence-corrected chi connectivity index (χ0v) is 12.7. The third-order valence-corrected chi connectivity index (χ3v) is 4.52. The zero-order valence-electron chi connectivity index (χ0n) is 11.9. The maximum atomic E-state index is 13.5. The largest absolute Gasteiger partial charge is 0.337 e. The summed E-state index contributed by atoms with van der Waals surface area (Å²) in [6.45, 7) is 0. The number of H-pyrrole nitrogens is 2. The number of rotatable bonds is 2. The number of benzene rings is 1. The molecule has 0 aliphatic heterocycles. The van der Waals surface area contributed by atoms with Crippen LogP contribution in [-0.2, 0) is 12.8 Å². The van der Waals surface area contributed by atoms with Crippen LogP contribution in [0.3, 0.4) is 0 Å². The van der Waals surface area contributed by atoms with E-state index < -0.39 is 11.6 Å². The molecule has 2 N–H and O–H groups in total. The summed E-state index contributed by atoms with van der Waals surface area (Å²) >= 11 is 5.36. The van der Waals surface area contributed by atoms with Gasteiger partial charge in [-0.3, -0.25) is 0 Å². The minimum atomic E-state index is -0.818. The number of imidazole rings is 1. The molecule has 0 bridgehead atoms. The van der Waals surface area contributed by atoms with E-state index in [9.17, 15) is 8.78 Å². The van der Waals surface area contributed by atoms with Crippen LogP contribution in [0.4, 0.5) is 8.78 Å². The molecule has 0 saturated carbocycles. The number of tetrazole rings is 1. The van der Waals surface area contributed by atoms with Crippen LogP contribution in [0, 0.1) is 16.4 Å². The monoisotopic (exact) mass is 334 g/mol. The predicted octanol–water partition coefficient (Wildman–Crippen LogP) is 2.73. The Morgan fingerprint density at radius 3 is 2.74 bits per heavy atom. The van der Waals surface area contributed by atoms with Crippen molar-refractivity contribution >= 4 is 12.2 Å². The van der Waals surface area contributed by atoms with Gasteiger partial charge in [-0.15, -0.1) is 5.10 Å². The Bertz CT molecular complexity index is 914. The molecule has 2 heterocycles. The number of nitrogens with one attached hydrogen (secondary N) is 2. The molecule has 0 amide bonds.